The maximum absolute atomic E-state index is 11.8. The molecule has 21 heavy (non-hydrogen) atoms. The van der Waals surface area contributed by atoms with Crippen LogP contribution in [0.2, 0.25) is 0 Å². The number of amides is 1. The first-order chi connectivity index (χ1) is 10.1. The molecule has 0 radical (unpaired) electrons. The summed E-state index contributed by atoms with van der Waals surface area (Å²) in [4.78, 5) is 13.9. The third kappa shape index (κ3) is 5.86. The lowest BCUT2D eigenvalue weighted by molar-refractivity contribution is -0.122. The van der Waals surface area contributed by atoms with Crippen LogP contribution < -0.4 is 5.32 Å². The van der Waals surface area contributed by atoms with Crippen molar-refractivity contribution < 1.29 is 9.90 Å². The Kier molecular flexibility index (Phi) is 6.21. The molecule has 1 aromatic rings. The van der Waals surface area contributed by atoms with Gasteiger partial charge in [-0.1, -0.05) is 30.3 Å². The van der Waals surface area contributed by atoms with Gasteiger partial charge in [0, 0.05) is 13.1 Å². The summed E-state index contributed by atoms with van der Waals surface area (Å²) in [6.07, 6.45) is 3.60. The molecule has 1 aromatic carbocycles. The summed E-state index contributed by atoms with van der Waals surface area (Å²) < 4.78 is 0. The second-order valence-corrected chi connectivity index (χ2v) is 6.13. The van der Waals surface area contributed by atoms with Crippen molar-refractivity contribution >= 4 is 5.91 Å². The van der Waals surface area contributed by atoms with Crippen LogP contribution >= 0.6 is 0 Å². The Morgan fingerprint density at radius 1 is 1.33 bits per heavy atom. The van der Waals surface area contributed by atoms with Gasteiger partial charge in [-0.05, 0) is 44.2 Å². The molecule has 0 saturated heterocycles. The molecule has 1 saturated carbocycles. The maximum atomic E-state index is 11.8. The van der Waals surface area contributed by atoms with E-state index in [1.54, 1.807) is 0 Å². The van der Waals surface area contributed by atoms with Crippen molar-refractivity contribution in [3.63, 3.8) is 0 Å². The van der Waals surface area contributed by atoms with Gasteiger partial charge in [0.25, 0.3) is 0 Å². The molecule has 0 atom stereocenters. The Morgan fingerprint density at radius 3 is 2.71 bits per heavy atom. The van der Waals surface area contributed by atoms with E-state index in [9.17, 15) is 9.90 Å². The molecule has 0 aromatic heterocycles. The monoisotopic (exact) mass is 290 g/mol. The predicted molar refractivity (Wildman–Crippen MR) is 84.0 cm³/mol. The van der Waals surface area contributed by atoms with Crippen LogP contribution in [0.15, 0.2) is 30.3 Å². The SMILES string of the molecule is CN(CC(=O)NCCCc1ccccc1)CC1CC(O)C1. The van der Waals surface area contributed by atoms with Gasteiger partial charge in [-0.25, -0.2) is 0 Å². The molecule has 0 unspecified atom stereocenters. The van der Waals surface area contributed by atoms with E-state index in [1.165, 1.54) is 5.56 Å². The van der Waals surface area contributed by atoms with Gasteiger partial charge in [-0.15, -0.1) is 0 Å². The normalized spacial score (nSPS) is 21.1. The fraction of sp³-hybridized carbons (Fsp3) is 0.588. The molecule has 1 amide bonds. The largest absolute Gasteiger partial charge is 0.393 e. The standard InChI is InChI=1S/C17H26N2O2/c1-19(12-15-10-16(20)11-15)13-17(21)18-9-5-8-14-6-3-2-4-7-14/h2-4,6-7,15-16,20H,5,8-13H2,1H3,(H,18,21). The van der Waals surface area contributed by atoms with Gasteiger partial charge < -0.3 is 10.4 Å². The molecule has 1 aliphatic carbocycles. The molecule has 1 fully saturated rings. The Bertz CT molecular complexity index is 430. The molecule has 0 aliphatic heterocycles. The van der Waals surface area contributed by atoms with E-state index in [1.807, 2.05) is 30.1 Å². The Hall–Kier alpha value is -1.39. The number of likely N-dealkylation sites (N-methyl/N-ethyl adjacent to an activating group) is 1. The van der Waals surface area contributed by atoms with Crippen molar-refractivity contribution in [1.29, 1.82) is 0 Å². The molecule has 0 heterocycles. The molecule has 4 nitrogen and oxygen atoms in total. The number of aryl methyl sites for hydroxylation is 1. The zero-order valence-electron chi connectivity index (χ0n) is 12.8. The van der Waals surface area contributed by atoms with Crippen molar-refractivity contribution in [3.05, 3.63) is 35.9 Å². The summed E-state index contributed by atoms with van der Waals surface area (Å²) in [6, 6.07) is 10.3. The number of nitrogens with zero attached hydrogens (tertiary/aromatic N) is 1. The first-order valence-corrected chi connectivity index (χ1v) is 7.80. The highest BCUT2D eigenvalue weighted by Crippen LogP contribution is 2.27. The topological polar surface area (TPSA) is 52.6 Å². The van der Waals surface area contributed by atoms with Crippen molar-refractivity contribution in [2.45, 2.75) is 31.8 Å². The van der Waals surface area contributed by atoms with Gasteiger partial charge in [0.2, 0.25) is 5.91 Å². The van der Waals surface area contributed by atoms with E-state index in [2.05, 4.69) is 17.4 Å². The van der Waals surface area contributed by atoms with Crippen LogP contribution in [-0.4, -0.2) is 48.7 Å². The summed E-state index contributed by atoms with van der Waals surface area (Å²) in [7, 11) is 1.97. The van der Waals surface area contributed by atoms with E-state index < -0.39 is 0 Å². The van der Waals surface area contributed by atoms with E-state index in [0.29, 0.717) is 12.5 Å². The average Bonchev–Trinajstić information content (AvgIpc) is 2.43. The molecule has 116 valence electrons. The van der Waals surface area contributed by atoms with Crippen LogP contribution in [0.4, 0.5) is 0 Å². The van der Waals surface area contributed by atoms with Crippen molar-refractivity contribution in [3.8, 4) is 0 Å². The number of benzene rings is 1. The first-order valence-electron chi connectivity index (χ1n) is 7.80. The molecule has 2 N–H and O–H groups in total. The maximum Gasteiger partial charge on any atom is 0.234 e. The number of aliphatic hydroxyl groups excluding tert-OH is 1. The second-order valence-electron chi connectivity index (χ2n) is 6.13. The van der Waals surface area contributed by atoms with Crippen molar-refractivity contribution in [1.82, 2.24) is 10.2 Å². The number of aliphatic hydroxyl groups is 1. The van der Waals surface area contributed by atoms with Crippen LogP contribution in [0.3, 0.4) is 0 Å². The predicted octanol–water partition coefficient (Wildman–Crippen LogP) is 1.44. The number of nitrogens with one attached hydrogen (secondary N) is 1. The third-order valence-electron chi connectivity index (χ3n) is 4.00. The Labute approximate surface area is 127 Å². The van der Waals surface area contributed by atoms with Gasteiger partial charge >= 0.3 is 0 Å². The highest BCUT2D eigenvalue weighted by molar-refractivity contribution is 5.77. The Balaban J connectivity index is 1.53. The highest BCUT2D eigenvalue weighted by atomic mass is 16.3. The third-order valence-corrected chi connectivity index (χ3v) is 4.00. The minimum Gasteiger partial charge on any atom is -0.393 e. The van der Waals surface area contributed by atoms with Crippen LogP contribution in [0.25, 0.3) is 0 Å². The van der Waals surface area contributed by atoms with E-state index in [4.69, 9.17) is 0 Å². The molecule has 0 bridgehead atoms. The quantitative estimate of drug-likeness (QED) is 0.712. The zero-order chi connectivity index (χ0) is 15.1. The van der Waals surface area contributed by atoms with E-state index in [0.717, 1.165) is 38.8 Å². The van der Waals surface area contributed by atoms with Crippen LogP contribution in [0.1, 0.15) is 24.8 Å². The fourth-order valence-corrected chi connectivity index (χ4v) is 2.82. The average molecular weight is 290 g/mol. The number of hydrogen-bond acceptors (Lipinski definition) is 3. The summed E-state index contributed by atoms with van der Waals surface area (Å²) >= 11 is 0. The minimum atomic E-state index is -0.116. The van der Waals surface area contributed by atoms with Gasteiger partial charge in [0.15, 0.2) is 0 Å². The van der Waals surface area contributed by atoms with Crippen molar-refractivity contribution in [2.24, 2.45) is 5.92 Å². The molecule has 0 spiro atoms. The minimum absolute atomic E-state index is 0.0884. The fourth-order valence-electron chi connectivity index (χ4n) is 2.82. The lowest BCUT2D eigenvalue weighted by Gasteiger charge is -2.34. The van der Waals surface area contributed by atoms with Gasteiger partial charge in [-0.2, -0.15) is 0 Å². The lowest BCUT2D eigenvalue weighted by Crippen LogP contribution is -2.41. The number of carbonyl (C=O) groups is 1. The summed E-state index contributed by atoms with van der Waals surface area (Å²) in [5.74, 6) is 0.640. The molecule has 1 aliphatic rings. The first kappa shape index (κ1) is 16.0. The number of rotatable bonds is 8. The zero-order valence-corrected chi connectivity index (χ0v) is 12.8. The number of hydrogen-bond donors (Lipinski definition) is 2. The molecular weight excluding hydrogens is 264 g/mol. The highest BCUT2D eigenvalue weighted by Gasteiger charge is 2.28. The van der Waals surface area contributed by atoms with Crippen molar-refractivity contribution in [2.75, 3.05) is 26.7 Å². The van der Waals surface area contributed by atoms with Gasteiger partial charge in [-0.3, -0.25) is 9.69 Å². The van der Waals surface area contributed by atoms with Gasteiger partial charge in [0.1, 0.15) is 0 Å². The van der Waals surface area contributed by atoms with Gasteiger partial charge in [0.05, 0.1) is 12.6 Å². The lowest BCUT2D eigenvalue weighted by atomic mass is 9.82. The van der Waals surface area contributed by atoms with Crippen LogP contribution in [-0.2, 0) is 11.2 Å². The summed E-state index contributed by atoms with van der Waals surface area (Å²) in [5.41, 5.74) is 1.31. The van der Waals surface area contributed by atoms with E-state index >= 15 is 0 Å². The summed E-state index contributed by atoms with van der Waals surface area (Å²) in [5, 5.41) is 12.2. The van der Waals surface area contributed by atoms with Crippen LogP contribution in [0.5, 0.6) is 0 Å². The Morgan fingerprint density at radius 2 is 2.05 bits per heavy atom. The smallest absolute Gasteiger partial charge is 0.234 e. The summed E-state index contributed by atoms with van der Waals surface area (Å²) in [6.45, 7) is 2.07. The molecule has 2 rings (SSSR count). The number of carbonyl (C=O) groups excluding carboxylic acids is 1. The second kappa shape index (κ2) is 8.15. The molecular formula is C17H26N2O2. The van der Waals surface area contributed by atoms with Crippen LogP contribution in [0, 0.1) is 5.92 Å². The van der Waals surface area contributed by atoms with E-state index in [-0.39, 0.29) is 12.0 Å². The molecule has 4 heteroatoms.